The lowest BCUT2D eigenvalue weighted by Crippen LogP contribution is -2.35. The standard InChI is InChI=1S/C15H25N5/c1-2-20-9-5-6-11(10-20)13-12-7-3-4-8-17-14(12)19-15(16)18-13/h11H,2-10H2,1H3,(H3,16,17,18,19). The number of nitrogen functional groups attached to an aromatic ring is 1. The van der Waals surface area contributed by atoms with E-state index in [1.54, 1.807) is 0 Å². The van der Waals surface area contributed by atoms with Crippen LogP contribution >= 0.6 is 0 Å². The van der Waals surface area contributed by atoms with Gasteiger partial charge in [-0.1, -0.05) is 6.92 Å². The van der Waals surface area contributed by atoms with E-state index in [1.165, 1.54) is 43.5 Å². The molecule has 5 nitrogen and oxygen atoms in total. The minimum Gasteiger partial charge on any atom is -0.370 e. The molecule has 0 spiro atoms. The van der Waals surface area contributed by atoms with Crippen LogP contribution < -0.4 is 11.1 Å². The van der Waals surface area contributed by atoms with Crippen molar-refractivity contribution in [2.24, 2.45) is 0 Å². The van der Waals surface area contributed by atoms with Gasteiger partial charge in [0.05, 0.1) is 5.69 Å². The van der Waals surface area contributed by atoms with E-state index in [1.807, 2.05) is 0 Å². The predicted molar refractivity (Wildman–Crippen MR) is 82.0 cm³/mol. The smallest absolute Gasteiger partial charge is 0.222 e. The molecule has 0 saturated carbocycles. The van der Waals surface area contributed by atoms with Crippen molar-refractivity contribution < 1.29 is 0 Å². The Morgan fingerprint density at radius 1 is 1.30 bits per heavy atom. The molecule has 20 heavy (non-hydrogen) atoms. The molecule has 0 amide bonds. The van der Waals surface area contributed by atoms with Gasteiger partial charge in [0.1, 0.15) is 5.82 Å². The molecular formula is C15H25N5. The highest BCUT2D eigenvalue weighted by molar-refractivity contribution is 5.51. The summed E-state index contributed by atoms with van der Waals surface area (Å²) in [5.41, 5.74) is 8.46. The van der Waals surface area contributed by atoms with E-state index in [-0.39, 0.29) is 0 Å². The van der Waals surface area contributed by atoms with Crippen molar-refractivity contribution in [3.63, 3.8) is 0 Å². The quantitative estimate of drug-likeness (QED) is 0.864. The normalized spacial score (nSPS) is 23.8. The number of hydrogen-bond acceptors (Lipinski definition) is 5. The molecule has 0 aliphatic carbocycles. The molecule has 0 radical (unpaired) electrons. The van der Waals surface area contributed by atoms with Crippen LogP contribution in [-0.2, 0) is 6.42 Å². The average Bonchev–Trinajstić information content (AvgIpc) is 2.71. The number of nitrogens with two attached hydrogens (primary N) is 1. The van der Waals surface area contributed by atoms with Crippen LogP contribution in [-0.4, -0.2) is 41.0 Å². The van der Waals surface area contributed by atoms with E-state index >= 15 is 0 Å². The molecule has 1 aromatic heterocycles. The van der Waals surface area contributed by atoms with Crippen LogP contribution in [0.15, 0.2) is 0 Å². The lowest BCUT2D eigenvalue weighted by Gasteiger charge is -2.32. The Kier molecular flexibility index (Phi) is 4.05. The summed E-state index contributed by atoms with van der Waals surface area (Å²) < 4.78 is 0. The van der Waals surface area contributed by atoms with Crippen LogP contribution in [0.4, 0.5) is 11.8 Å². The van der Waals surface area contributed by atoms with Gasteiger partial charge in [-0.3, -0.25) is 0 Å². The fraction of sp³-hybridized carbons (Fsp3) is 0.733. The average molecular weight is 275 g/mol. The van der Waals surface area contributed by atoms with Gasteiger partial charge >= 0.3 is 0 Å². The lowest BCUT2D eigenvalue weighted by atomic mass is 9.90. The summed E-state index contributed by atoms with van der Waals surface area (Å²) in [5.74, 6) is 1.92. The Balaban J connectivity index is 1.93. The molecule has 110 valence electrons. The summed E-state index contributed by atoms with van der Waals surface area (Å²) in [6.07, 6.45) is 5.97. The van der Waals surface area contributed by atoms with E-state index in [9.17, 15) is 0 Å². The number of nitrogens with zero attached hydrogens (tertiary/aromatic N) is 3. The Hall–Kier alpha value is -1.36. The van der Waals surface area contributed by atoms with Gasteiger partial charge in [-0.2, -0.15) is 4.98 Å². The highest BCUT2D eigenvalue weighted by Gasteiger charge is 2.26. The van der Waals surface area contributed by atoms with Crippen molar-refractivity contribution in [3.8, 4) is 0 Å². The molecule has 0 bridgehead atoms. The van der Waals surface area contributed by atoms with E-state index in [0.29, 0.717) is 11.9 Å². The van der Waals surface area contributed by atoms with E-state index in [2.05, 4.69) is 27.1 Å². The van der Waals surface area contributed by atoms with Gasteiger partial charge in [0.25, 0.3) is 0 Å². The zero-order valence-corrected chi connectivity index (χ0v) is 12.4. The van der Waals surface area contributed by atoms with E-state index < -0.39 is 0 Å². The minimum atomic E-state index is 0.418. The molecule has 3 heterocycles. The van der Waals surface area contributed by atoms with Crippen LogP contribution in [0.5, 0.6) is 0 Å². The second-order valence-corrected chi connectivity index (χ2v) is 5.91. The molecule has 3 rings (SSSR count). The highest BCUT2D eigenvalue weighted by Crippen LogP contribution is 2.32. The Morgan fingerprint density at radius 3 is 3.05 bits per heavy atom. The Bertz CT molecular complexity index is 474. The predicted octanol–water partition coefficient (Wildman–Crippen LogP) is 2.01. The summed E-state index contributed by atoms with van der Waals surface area (Å²) in [7, 11) is 0. The fourth-order valence-corrected chi connectivity index (χ4v) is 3.45. The monoisotopic (exact) mass is 275 g/mol. The highest BCUT2D eigenvalue weighted by atomic mass is 15.1. The number of rotatable bonds is 2. The van der Waals surface area contributed by atoms with Crippen LogP contribution in [0, 0.1) is 0 Å². The van der Waals surface area contributed by atoms with Gasteiger partial charge in [-0.15, -0.1) is 0 Å². The van der Waals surface area contributed by atoms with Gasteiger partial charge in [-0.05, 0) is 45.2 Å². The number of aromatic nitrogens is 2. The minimum absolute atomic E-state index is 0.418. The van der Waals surface area contributed by atoms with Crippen molar-refractivity contribution >= 4 is 11.8 Å². The van der Waals surface area contributed by atoms with Crippen LogP contribution in [0.2, 0.25) is 0 Å². The number of nitrogens with one attached hydrogen (secondary N) is 1. The van der Waals surface area contributed by atoms with Crippen molar-refractivity contribution in [2.75, 3.05) is 37.2 Å². The number of likely N-dealkylation sites (tertiary alicyclic amines) is 1. The number of anilines is 2. The fourth-order valence-electron chi connectivity index (χ4n) is 3.45. The summed E-state index contributed by atoms with van der Waals surface area (Å²) in [6.45, 7) is 6.68. The summed E-state index contributed by atoms with van der Waals surface area (Å²) in [5, 5.41) is 3.43. The molecule has 2 aliphatic heterocycles. The summed E-state index contributed by atoms with van der Waals surface area (Å²) >= 11 is 0. The molecule has 1 fully saturated rings. The maximum Gasteiger partial charge on any atom is 0.222 e. The first kappa shape index (κ1) is 13.6. The molecule has 5 heteroatoms. The number of likely N-dealkylation sites (N-methyl/N-ethyl adjacent to an activating group) is 1. The molecule has 2 aliphatic rings. The molecule has 1 aromatic rings. The number of fused-ring (bicyclic) bond motifs is 1. The maximum absolute atomic E-state index is 5.93. The van der Waals surface area contributed by atoms with E-state index in [0.717, 1.165) is 31.9 Å². The lowest BCUT2D eigenvalue weighted by molar-refractivity contribution is 0.215. The van der Waals surface area contributed by atoms with Gasteiger partial charge in [0.2, 0.25) is 5.95 Å². The van der Waals surface area contributed by atoms with Crippen molar-refractivity contribution in [1.29, 1.82) is 0 Å². The molecular weight excluding hydrogens is 250 g/mol. The first-order valence-corrected chi connectivity index (χ1v) is 7.90. The van der Waals surface area contributed by atoms with Crippen molar-refractivity contribution in [3.05, 3.63) is 11.3 Å². The molecule has 1 atom stereocenters. The third-order valence-electron chi connectivity index (χ3n) is 4.54. The number of piperidine rings is 1. The van der Waals surface area contributed by atoms with Gasteiger partial charge in [-0.25, -0.2) is 4.98 Å². The first-order chi connectivity index (χ1) is 9.78. The summed E-state index contributed by atoms with van der Waals surface area (Å²) in [6, 6.07) is 0. The van der Waals surface area contributed by atoms with Crippen molar-refractivity contribution in [2.45, 2.75) is 44.9 Å². The second-order valence-electron chi connectivity index (χ2n) is 5.91. The third kappa shape index (κ3) is 2.73. The van der Waals surface area contributed by atoms with Gasteiger partial charge < -0.3 is 16.0 Å². The van der Waals surface area contributed by atoms with Crippen molar-refractivity contribution in [1.82, 2.24) is 14.9 Å². The maximum atomic E-state index is 5.93. The van der Waals surface area contributed by atoms with Gasteiger partial charge in [0, 0.05) is 24.6 Å². The first-order valence-electron chi connectivity index (χ1n) is 7.90. The topological polar surface area (TPSA) is 67.1 Å². The molecule has 1 unspecified atom stereocenters. The zero-order chi connectivity index (χ0) is 13.9. The third-order valence-corrected chi connectivity index (χ3v) is 4.54. The second kappa shape index (κ2) is 5.95. The van der Waals surface area contributed by atoms with Crippen LogP contribution in [0.3, 0.4) is 0 Å². The molecule has 0 aromatic carbocycles. The Labute approximate surface area is 121 Å². The van der Waals surface area contributed by atoms with Crippen LogP contribution in [0.1, 0.15) is 49.8 Å². The van der Waals surface area contributed by atoms with Gasteiger partial charge in [0.15, 0.2) is 0 Å². The molecule has 3 N–H and O–H groups in total. The largest absolute Gasteiger partial charge is 0.370 e. The van der Waals surface area contributed by atoms with Crippen LogP contribution in [0.25, 0.3) is 0 Å². The number of hydrogen-bond donors (Lipinski definition) is 2. The summed E-state index contributed by atoms with van der Waals surface area (Å²) in [4.78, 5) is 11.5. The SMILES string of the molecule is CCN1CCCC(c2nc(N)nc3c2CCCCN3)C1. The zero-order valence-electron chi connectivity index (χ0n) is 12.4. The van der Waals surface area contributed by atoms with E-state index in [4.69, 9.17) is 5.73 Å². The Morgan fingerprint density at radius 2 is 2.20 bits per heavy atom. The molecule has 1 saturated heterocycles.